The van der Waals surface area contributed by atoms with Crippen LogP contribution in [0.25, 0.3) is 0 Å². The number of hydrogen-bond donors (Lipinski definition) is 2. The summed E-state index contributed by atoms with van der Waals surface area (Å²) in [6.07, 6.45) is 2.66. The Morgan fingerprint density at radius 2 is 2.21 bits per heavy atom. The fourth-order valence-electron chi connectivity index (χ4n) is 1.60. The second-order valence-electron chi connectivity index (χ2n) is 3.83. The van der Waals surface area contributed by atoms with Gasteiger partial charge in [0.1, 0.15) is 5.82 Å². The van der Waals surface area contributed by atoms with Crippen molar-refractivity contribution >= 4 is 5.91 Å². The first-order chi connectivity index (χ1) is 9.11. The van der Waals surface area contributed by atoms with Crippen LogP contribution in [0.1, 0.15) is 15.9 Å². The van der Waals surface area contributed by atoms with E-state index in [0.717, 1.165) is 6.07 Å². The van der Waals surface area contributed by atoms with Gasteiger partial charge in [-0.15, -0.1) is 0 Å². The Bertz CT molecular complexity index is 669. The van der Waals surface area contributed by atoms with Gasteiger partial charge in [-0.1, -0.05) is 0 Å². The monoisotopic (exact) mass is 262 g/mol. The minimum Gasteiger partial charge on any atom is -0.295 e. The highest BCUT2D eigenvalue weighted by Gasteiger charge is 2.09. The molecule has 19 heavy (non-hydrogen) atoms. The maximum Gasteiger partial charge on any atom is 0.265 e. The molecule has 0 aliphatic rings. The average molecular weight is 262 g/mol. The number of hydrazine groups is 1. The van der Waals surface area contributed by atoms with Crippen LogP contribution in [0.5, 0.6) is 0 Å². The van der Waals surface area contributed by atoms with Crippen LogP contribution >= 0.6 is 0 Å². The Balaban J connectivity index is 2.37. The van der Waals surface area contributed by atoms with Crippen molar-refractivity contribution in [3.05, 3.63) is 64.1 Å². The van der Waals surface area contributed by atoms with Gasteiger partial charge >= 0.3 is 0 Å². The minimum absolute atomic E-state index is 0.00972. The quantitative estimate of drug-likeness (QED) is 0.464. The number of nitrogen functional groups attached to an aromatic ring is 1. The van der Waals surface area contributed by atoms with Gasteiger partial charge < -0.3 is 0 Å². The third-order valence-corrected chi connectivity index (χ3v) is 2.57. The zero-order valence-corrected chi connectivity index (χ0v) is 9.84. The summed E-state index contributed by atoms with van der Waals surface area (Å²) >= 11 is 0. The van der Waals surface area contributed by atoms with Gasteiger partial charge in [-0.2, -0.15) is 0 Å². The van der Waals surface area contributed by atoms with Crippen molar-refractivity contribution in [3.63, 3.8) is 0 Å². The molecule has 0 aliphatic carbocycles. The number of nitrogens with zero attached hydrogens (tertiary/aromatic N) is 2. The number of nitrogens with one attached hydrogen (secondary N) is 1. The van der Waals surface area contributed by atoms with Gasteiger partial charge in [-0.25, -0.2) is 15.2 Å². The Morgan fingerprint density at radius 1 is 1.42 bits per heavy atom. The molecule has 0 spiro atoms. The Labute approximate surface area is 107 Å². The van der Waals surface area contributed by atoms with Crippen molar-refractivity contribution in [3.8, 4) is 0 Å². The van der Waals surface area contributed by atoms with Gasteiger partial charge in [0.2, 0.25) is 0 Å². The van der Waals surface area contributed by atoms with Crippen molar-refractivity contribution in [2.45, 2.75) is 6.54 Å². The van der Waals surface area contributed by atoms with E-state index in [9.17, 15) is 14.0 Å². The number of nitrogens with two attached hydrogens (primary N) is 1. The molecule has 0 saturated heterocycles. The molecular weight excluding hydrogens is 251 g/mol. The second kappa shape index (κ2) is 5.40. The Morgan fingerprint density at radius 3 is 2.89 bits per heavy atom. The van der Waals surface area contributed by atoms with Gasteiger partial charge in [0, 0.05) is 23.4 Å². The van der Waals surface area contributed by atoms with Gasteiger partial charge in [0.05, 0.1) is 12.9 Å². The summed E-state index contributed by atoms with van der Waals surface area (Å²) in [5.74, 6) is 3.97. The largest absolute Gasteiger partial charge is 0.295 e. The third-order valence-electron chi connectivity index (χ3n) is 2.57. The van der Waals surface area contributed by atoms with E-state index in [1.807, 2.05) is 5.43 Å². The lowest BCUT2D eigenvalue weighted by molar-refractivity contribution is 0.0953. The van der Waals surface area contributed by atoms with Gasteiger partial charge in [0.15, 0.2) is 0 Å². The molecule has 0 aliphatic heterocycles. The number of hydrogen-bond acceptors (Lipinski definition) is 4. The van der Waals surface area contributed by atoms with Gasteiger partial charge in [-0.05, 0) is 18.2 Å². The summed E-state index contributed by atoms with van der Waals surface area (Å²) in [4.78, 5) is 26.7. The van der Waals surface area contributed by atoms with E-state index >= 15 is 0 Å². The number of rotatable bonds is 3. The molecule has 6 nitrogen and oxygen atoms in total. The van der Waals surface area contributed by atoms with Crippen molar-refractivity contribution in [2.24, 2.45) is 5.84 Å². The van der Waals surface area contributed by atoms with E-state index in [0.29, 0.717) is 0 Å². The van der Waals surface area contributed by atoms with Crippen LogP contribution < -0.4 is 16.8 Å². The lowest BCUT2D eigenvalue weighted by atomic mass is 10.1. The van der Waals surface area contributed by atoms with E-state index < -0.39 is 11.7 Å². The first-order valence-electron chi connectivity index (χ1n) is 5.41. The van der Waals surface area contributed by atoms with Crippen LogP contribution in [-0.2, 0) is 6.54 Å². The molecule has 98 valence electrons. The molecule has 0 saturated carbocycles. The molecule has 0 radical (unpaired) electrons. The van der Waals surface area contributed by atoms with Crippen LogP contribution in [0.3, 0.4) is 0 Å². The zero-order chi connectivity index (χ0) is 13.8. The second-order valence-corrected chi connectivity index (χ2v) is 3.83. The molecule has 0 unspecified atom stereocenters. The molecule has 0 bridgehead atoms. The number of carbonyl (C=O) groups excluding carboxylic acids is 1. The van der Waals surface area contributed by atoms with Crippen LogP contribution in [-0.4, -0.2) is 15.5 Å². The average Bonchev–Trinajstić information content (AvgIpc) is 2.42. The predicted octanol–water partition coefficient (Wildman–Crippen LogP) is 0.0342. The zero-order valence-electron chi connectivity index (χ0n) is 9.84. The summed E-state index contributed by atoms with van der Waals surface area (Å²) in [6.45, 7) is -0.00972. The maximum atomic E-state index is 13.7. The highest BCUT2D eigenvalue weighted by Crippen LogP contribution is 2.11. The minimum atomic E-state index is -0.528. The molecular formula is C12H11FN4O2. The molecule has 1 aromatic carbocycles. The van der Waals surface area contributed by atoms with Crippen LogP contribution in [0.2, 0.25) is 0 Å². The lowest BCUT2D eigenvalue weighted by Gasteiger charge is -2.07. The molecule has 7 heteroatoms. The number of amides is 1. The molecule has 1 aromatic heterocycles. The first-order valence-corrected chi connectivity index (χ1v) is 5.41. The first kappa shape index (κ1) is 12.9. The molecule has 1 heterocycles. The number of carbonyl (C=O) groups is 1. The van der Waals surface area contributed by atoms with E-state index in [1.165, 1.54) is 35.3 Å². The normalized spacial score (nSPS) is 10.2. The molecule has 0 atom stereocenters. The highest BCUT2D eigenvalue weighted by atomic mass is 19.1. The molecule has 1 amide bonds. The van der Waals surface area contributed by atoms with Gasteiger partial charge in [-0.3, -0.25) is 19.6 Å². The van der Waals surface area contributed by atoms with Crippen LogP contribution in [0.4, 0.5) is 4.39 Å². The third kappa shape index (κ3) is 2.83. The summed E-state index contributed by atoms with van der Waals surface area (Å²) in [5.41, 5.74) is 2.08. The standard InChI is InChI=1S/C12H11FN4O2/c13-10-2-1-8(12(19)16-14)5-9(10)6-17-7-15-4-3-11(17)18/h1-5,7H,6,14H2,(H,16,19). The molecule has 2 aromatic rings. The van der Waals surface area contributed by atoms with E-state index in [2.05, 4.69) is 4.98 Å². The van der Waals surface area contributed by atoms with Crippen molar-refractivity contribution in [1.82, 2.24) is 15.0 Å². The van der Waals surface area contributed by atoms with Crippen LogP contribution in [0.15, 0.2) is 41.6 Å². The fourth-order valence-corrected chi connectivity index (χ4v) is 1.60. The fraction of sp³-hybridized carbons (Fsp3) is 0.0833. The predicted molar refractivity (Wildman–Crippen MR) is 65.7 cm³/mol. The van der Waals surface area contributed by atoms with E-state index in [4.69, 9.17) is 5.84 Å². The van der Waals surface area contributed by atoms with E-state index in [-0.39, 0.29) is 23.2 Å². The number of benzene rings is 1. The van der Waals surface area contributed by atoms with Crippen molar-refractivity contribution in [1.29, 1.82) is 0 Å². The highest BCUT2D eigenvalue weighted by molar-refractivity contribution is 5.93. The Kier molecular flexibility index (Phi) is 3.67. The summed E-state index contributed by atoms with van der Waals surface area (Å²) in [6, 6.07) is 5.08. The molecule has 3 N–H and O–H groups in total. The lowest BCUT2D eigenvalue weighted by Crippen LogP contribution is -2.30. The maximum absolute atomic E-state index is 13.7. The van der Waals surface area contributed by atoms with Crippen molar-refractivity contribution in [2.75, 3.05) is 0 Å². The van der Waals surface area contributed by atoms with Gasteiger partial charge in [0.25, 0.3) is 11.5 Å². The van der Waals surface area contributed by atoms with Crippen LogP contribution in [0, 0.1) is 5.82 Å². The SMILES string of the molecule is NNC(=O)c1ccc(F)c(Cn2cnccc2=O)c1. The molecule has 0 fully saturated rings. The summed E-state index contributed by atoms with van der Waals surface area (Å²) < 4.78 is 14.9. The smallest absolute Gasteiger partial charge is 0.265 e. The Hall–Kier alpha value is -2.54. The number of aromatic nitrogens is 2. The van der Waals surface area contributed by atoms with E-state index in [1.54, 1.807) is 0 Å². The number of halogens is 1. The summed E-state index contributed by atoms with van der Waals surface area (Å²) in [7, 11) is 0. The topological polar surface area (TPSA) is 90.0 Å². The summed E-state index contributed by atoms with van der Waals surface area (Å²) in [5, 5.41) is 0. The molecule has 2 rings (SSSR count). The van der Waals surface area contributed by atoms with Crippen molar-refractivity contribution < 1.29 is 9.18 Å².